The molecule has 0 atom stereocenters. The fraction of sp³-hybridized carbons (Fsp3) is 0.400. The first kappa shape index (κ1) is 11.2. The van der Waals surface area contributed by atoms with Crippen LogP contribution in [0.5, 0.6) is 0 Å². The number of nitrogens with zero attached hydrogens (tertiary/aromatic N) is 1. The zero-order chi connectivity index (χ0) is 11.4. The van der Waals surface area contributed by atoms with E-state index in [-0.39, 0.29) is 0 Å². The molecule has 1 aromatic rings. The first-order chi connectivity index (χ1) is 7.75. The van der Waals surface area contributed by atoms with Crippen LogP contribution >= 0.6 is 0 Å². The molecular formula is C10H15N3O2S. The average molecular weight is 241 g/mol. The molecule has 0 saturated carbocycles. The Hall–Kier alpha value is -1.27. The Morgan fingerprint density at radius 1 is 1.12 bits per heavy atom. The maximum atomic E-state index is 10.5. The third kappa shape index (κ3) is 2.86. The first-order valence-corrected chi connectivity index (χ1v) is 6.40. The van der Waals surface area contributed by atoms with E-state index < -0.39 is 10.9 Å². The first-order valence-electron chi connectivity index (χ1n) is 5.22. The fourth-order valence-electron chi connectivity index (χ4n) is 1.78. The lowest BCUT2D eigenvalue weighted by Gasteiger charge is -2.29. The number of anilines is 2. The Bertz CT molecular complexity index is 403. The molecule has 5 nitrogen and oxygen atoms in total. The second-order valence-electron chi connectivity index (χ2n) is 3.65. The quantitative estimate of drug-likeness (QED) is 0.654. The normalized spacial score (nSPS) is 16.4. The second-order valence-corrected chi connectivity index (χ2v) is 4.39. The van der Waals surface area contributed by atoms with Crippen molar-refractivity contribution in [2.24, 2.45) is 0 Å². The van der Waals surface area contributed by atoms with E-state index in [2.05, 4.69) is 14.9 Å². The van der Waals surface area contributed by atoms with Crippen LogP contribution in [-0.4, -0.2) is 34.6 Å². The maximum Gasteiger partial charge on any atom is 0.222 e. The lowest BCUT2D eigenvalue weighted by Crippen LogP contribution is -2.43. The molecule has 1 aliphatic rings. The summed E-state index contributed by atoms with van der Waals surface area (Å²) in [6, 6.07) is 7.43. The van der Waals surface area contributed by atoms with Crippen molar-refractivity contribution in [1.29, 1.82) is 0 Å². The summed E-state index contributed by atoms with van der Waals surface area (Å²) in [4.78, 5) is 2.28. The minimum atomic E-state index is -2.57. The van der Waals surface area contributed by atoms with E-state index in [9.17, 15) is 8.42 Å². The van der Waals surface area contributed by atoms with Gasteiger partial charge in [0.2, 0.25) is 10.9 Å². The highest BCUT2D eigenvalue weighted by atomic mass is 32.2. The van der Waals surface area contributed by atoms with Crippen molar-refractivity contribution >= 4 is 22.3 Å². The largest absolute Gasteiger partial charge is 0.369 e. The Morgan fingerprint density at radius 2 is 1.75 bits per heavy atom. The van der Waals surface area contributed by atoms with Gasteiger partial charge < -0.3 is 10.2 Å². The summed E-state index contributed by atoms with van der Waals surface area (Å²) in [6.45, 7) is 3.96. The molecule has 1 aliphatic heterocycles. The summed E-state index contributed by atoms with van der Waals surface area (Å²) in [5.41, 5.74) is 1.74. The predicted molar refractivity (Wildman–Crippen MR) is 65.5 cm³/mol. The summed E-state index contributed by atoms with van der Waals surface area (Å²) in [5.74, 6) is 0. The van der Waals surface area contributed by atoms with Gasteiger partial charge in [0.05, 0.1) is 0 Å². The van der Waals surface area contributed by atoms with Gasteiger partial charge in [-0.15, -0.1) is 0 Å². The van der Waals surface area contributed by atoms with E-state index in [1.54, 1.807) is 12.1 Å². The van der Waals surface area contributed by atoms with Gasteiger partial charge in [0.1, 0.15) is 0 Å². The van der Waals surface area contributed by atoms with Gasteiger partial charge in [0, 0.05) is 37.6 Å². The van der Waals surface area contributed by atoms with Crippen LogP contribution in [0, 0.1) is 0 Å². The van der Waals surface area contributed by atoms with Gasteiger partial charge in [-0.2, -0.15) is 0 Å². The van der Waals surface area contributed by atoms with E-state index >= 15 is 0 Å². The maximum absolute atomic E-state index is 10.5. The third-order valence-electron chi connectivity index (χ3n) is 2.57. The molecule has 0 aromatic heterocycles. The smallest absolute Gasteiger partial charge is 0.222 e. The standard InChI is InChI=1S/C10H15N3O2S/c14-16(15)12-9-1-3-10(4-2-9)13-7-5-11-6-8-13/h1-4,11,16H,5-8H2,(H,12,14,15). The number of thiol groups is 1. The number of nitrogens with one attached hydrogen (secondary N) is 2. The Kier molecular flexibility index (Phi) is 3.63. The predicted octanol–water partition coefficient (Wildman–Crippen LogP) is 0.0345. The van der Waals surface area contributed by atoms with Gasteiger partial charge in [-0.05, 0) is 24.3 Å². The molecule has 2 rings (SSSR count). The number of piperazine rings is 1. The van der Waals surface area contributed by atoms with E-state index in [1.165, 1.54) is 0 Å². The second kappa shape index (κ2) is 5.18. The molecule has 1 fully saturated rings. The monoisotopic (exact) mass is 241 g/mol. The minimum absolute atomic E-state index is 0.606. The SMILES string of the molecule is O=[SH](=O)Nc1ccc(N2CCNCC2)cc1. The molecule has 2 N–H and O–H groups in total. The summed E-state index contributed by atoms with van der Waals surface area (Å²) in [6.07, 6.45) is 0. The van der Waals surface area contributed by atoms with Crippen LogP contribution in [-0.2, 0) is 10.9 Å². The van der Waals surface area contributed by atoms with Crippen molar-refractivity contribution in [3.8, 4) is 0 Å². The molecule has 0 spiro atoms. The molecule has 0 bridgehead atoms. The molecular weight excluding hydrogens is 226 g/mol. The van der Waals surface area contributed by atoms with Crippen LogP contribution in [0.25, 0.3) is 0 Å². The van der Waals surface area contributed by atoms with Crippen molar-refractivity contribution in [1.82, 2.24) is 5.32 Å². The summed E-state index contributed by atoms with van der Waals surface area (Å²) >= 11 is 0. The molecule has 88 valence electrons. The van der Waals surface area contributed by atoms with Crippen LogP contribution in [0.4, 0.5) is 11.4 Å². The zero-order valence-corrected chi connectivity index (χ0v) is 9.74. The van der Waals surface area contributed by atoms with E-state index in [0.717, 1.165) is 31.9 Å². The highest BCUT2D eigenvalue weighted by Crippen LogP contribution is 2.18. The van der Waals surface area contributed by atoms with Crippen LogP contribution in [0.3, 0.4) is 0 Å². The zero-order valence-electron chi connectivity index (χ0n) is 8.85. The van der Waals surface area contributed by atoms with Crippen molar-refractivity contribution < 1.29 is 8.42 Å². The lowest BCUT2D eigenvalue weighted by atomic mass is 10.2. The third-order valence-corrected chi connectivity index (χ3v) is 3.01. The van der Waals surface area contributed by atoms with Crippen LogP contribution in [0.1, 0.15) is 0 Å². The van der Waals surface area contributed by atoms with E-state index in [4.69, 9.17) is 0 Å². The average Bonchev–Trinajstić information content (AvgIpc) is 2.30. The van der Waals surface area contributed by atoms with E-state index in [0.29, 0.717) is 5.69 Å². The Balaban J connectivity index is 2.05. The highest BCUT2D eigenvalue weighted by molar-refractivity contribution is 7.73. The van der Waals surface area contributed by atoms with Crippen molar-refractivity contribution in [2.45, 2.75) is 0 Å². The molecule has 16 heavy (non-hydrogen) atoms. The van der Waals surface area contributed by atoms with Gasteiger partial charge in [0.15, 0.2) is 0 Å². The topological polar surface area (TPSA) is 61.4 Å². The lowest BCUT2D eigenvalue weighted by molar-refractivity contribution is 0.589. The van der Waals surface area contributed by atoms with Crippen molar-refractivity contribution in [2.75, 3.05) is 35.8 Å². The summed E-state index contributed by atoms with van der Waals surface area (Å²) in [5, 5.41) is 3.29. The fourth-order valence-corrected chi connectivity index (χ4v) is 2.14. The van der Waals surface area contributed by atoms with Crippen LogP contribution in [0.15, 0.2) is 24.3 Å². The van der Waals surface area contributed by atoms with Gasteiger partial charge in [-0.25, -0.2) is 8.42 Å². The van der Waals surface area contributed by atoms with Gasteiger partial charge in [0.25, 0.3) is 0 Å². The highest BCUT2D eigenvalue weighted by Gasteiger charge is 2.09. The van der Waals surface area contributed by atoms with E-state index in [1.807, 2.05) is 12.1 Å². The Labute approximate surface area is 96.5 Å². The number of benzene rings is 1. The number of hydrogen-bond donors (Lipinski definition) is 3. The van der Waals surface area contributed by atoms with Crippen molar-refractivity contribution in [3.63, 3.8) is 0 Å². The molecule has 6 heteroatoms. The van der Waals surface area contributed by atoms with Gasteiger partial charge in [-0.1, -0.05) is 0 Å². The molecule has 1 heterocycles. The number of hydrogen-bond acceptors (Lipinski definition) is 4. The minimum Gasteiger partial charge on any atom is -0.369 e. The summed E-state index contributed by atoms with van der Waals surface area (Å²) in [7, 11) is -2.57. The number of rotatable bonds is 3. The van der Waals surface area contributed by atoms with Gasteiger partial charge in [-0.3, -0.25) is 4.72 Å². The molecule has 0 unspecified atom stereocenters. The molecule has 0 radical (unpaired) electrons. The summed E-state index contributed by atoms with van der Waals surface area (Å²) < 4.78 is 23.3. The molecule has 1 aromatic carbocycles. The molecule has 0 amide bonds. The van der Waals surface area contributed by atoms with Crippen molar-refractivity contribution in [3.05, 3.63) is 24.3 Å². The molecule has 1 saturated heterocycles. The Morgan fingerprint density at radius 3 is 2.31 bits per heavy atom. The van der Waals surface area contributed by atoms with Gasteiger partial charge >= 0.3 is 0 Å². The van der Waals surface area contributed by atoms with Crippen LogP contribution in [0.2, 0.25) is 0 Å². The van der Waals surface area contributed by atoms with Crippen LogP contribution < -0.4 is 14.9 Å². The molecule has 0 aliphatic carbocycles.